The first kappa shape index (κ1) is 45.2. The van der Waals surface area contributed by atoms with Crippen LogP contribution in [0.25, 0.3) is 11.1 Å². The monoisotopic (exact) mass is 885 g/mol. The quantitative estimate of drug-likeness (QED) is 0.0992. The molecule has 7 rings (SSSR count). The van der Waals surface area contributed by atoms with Crippen molar-refractivity contribution in [2.75, 3.05) is 39.3 Å². The van der Waals surface area contributed by atoms with Crippen LogP contribution in [0, 0.1) is 0 Å². The second kappa shape index (κ2) is 21.0. The molecule has 0 unspecified atom stereocenters. The molecule has 1 aliphatic carbocycles. The predicted molar refractivity (Wildman–Crippen MR) is 231 cm³/mol. The first-order chi connectivity index (χ1) is 30.5. The van der Waals surface area contributed by atoms with Gasteiger partial charge < -0.3 is 40.1 Å². The van der Waals surface area contributed by atoms with Gasteiger partial charge in [0.25, 0.3) is 5.89 Å². The number of nitrogens with zero attached hydrogens (tertiary/aromatic N) is 4. The molecule has 17 nitrogen and oxygen atoms in total. The molecule has 4 N–H and O–H groups in total. The van der Waals surface area contributed by atoms with E-state index < -0.39 is 64.0 Å². The Morgan fingerprint density at radius 2 is 1.48 bits per heavy atom. The number of para-hydroxylation sites is 2. The molecule has 4 aromatic rings. The van der Waals surface area contributed by atoms with Gasteiger partial charge in [0.1, 0.15) is 29.8 Å². The van der Waals surface area contributed by atoms with Gasteiger partial charge in [0.05, 0.1) is 17.5 Å². The molecular weight excluding hydrogens is 831 g/mol. The van der Waals surface area contributed by atoms with Crippen molar-refractivity contribution in [3.05, 3.63) is 96.4 Å². The van der Waals surface area contributed by atoms with E-state index in [1.807, 2.05) is 30.3 Å². The van der Waals surface area contributed by atoms with E-state index in [0.29, 0.717) is 36.9 Å². The van der Waals surface area contributed by atoms with Gasteiger partial charge in [-0.1, -0.05) is 60.7 Å². The Morgan fingerprint density at radius 1 is 0.794 bits per heavy atom. The Balaban J connectivity index is 1.10. The Hall–Kier alpha value is -5.85. The highest BCUT2D eigenvalue weighted by Gasteiger charge is 2.45. The van der Waals surface area contributed by atoms with Crippen LogP contribution in [0.1, 0.15) is 74.0 Å². The zero-order valence-corrected chi connectivity index (χ0v) is 36.0. The number of amides is 4. The smallest absolute Gasteiger partial charge is 0.410 e. The van der Waals surface area contributed by atoms with Crippen LogP contribution in [-0.2, 0) is 35.5 Å². The van der Waals surface area contributed by atoms with Crippen molar-refractivity contribution in [1.82, 2.24) is 29.7 Å². The van der Waals surface area contributed by atoms with Crippen molar-refractivity contribution < 1.29 is 46.3 Å². The normalized spacial score (nSPS) is 19.4. The van der Waals surface area contributed by atoms with E-state index in [4.69, 9.17) is 19.6 Å². The number of fused-ring (bicyclic) bond motifs is 1. The highest BCUT2D eigenvalue weighted by atomic mass is 32.2. The number of oxazole rings is 1. The molecule has 0 radical (unpaired) electrons. The third-order valence-electron chi connectivity index (χ3n) is 11.8. The number of benzene rings is 3. The van der Waals surface area contributed by atoms with Gasteiger partial charge in [-0.2, -0.15) is 4.31 Å². The number of aryl methyl sites for hydroxylation is 1. The lowest BCUT2D eigenvalue weighted by molar-refractivity contribution is -0.140. The number of alkyl carbamates (subject to hydrolysis) is 1. The predicted octanol–water partition coefficient (Wildman–Crippen LogP) is 4.41. The molecule has 4 atom stereocenters. The summed E-state index contributed by atoms with van der Waals surface area (Å²) >= 11 is 0. The molecule has 1 aromatic heterocycles. The molecule has 3 fully saturated rings. The van der Waals surface area contributed by atoms with E-state index in [9.17, 15) is 32.4 Å². The molecule has 3 aliphatic rings. The summed E-state index contributed by atoms with van der Waals surface area (Å²) in [4.78, 5) is 77.3. The van der Waals surface area contributed by atoms with Crippen LogP contribution in [-0.4, -0.2) is 127 Å². The lowest BCUT2D eigenvalue weighted by Gasteiger charge is -2.34. The lowest BCUT2D eigenvalue weighted by atomic mass is 10.0. The second-order valence-electron chi connectivity index (χ2n) is 16.2. The zero-order valence-electron chi connectivity index (χ0n) is 35.1. The number of ether oxygens (including phenoxy) is 2. The maximum atomic E-state index is 14.7. The summed E-state index contributed by atoms with van der Waals surface area (Å²) in [6.45, 7) is 0.371. The summed E-state index contributed by atoms with van der Waals surface area (Å²) in [7, 11) is -3.78. The summed E-state index contributed by atoms with van der Waals surface area (Å²) in [5.74, 6) is -1.99. The SMILES string of the molecule is NCCCC[C@H](NC(=O)[C@@H]1C[C@@H](OC(=O)N2CCN(S(=O)(=O)c3ccccc3)CC2)CN1C(=O)[C@@H](CCc1ccccc1)NC(=O)OC1CCCC1)C(=O)c1nc2ccccc2o1. The zero-order chi connectivity index (χ0) is 44.3. The van der Waals surface area contributed by atoms with E-state index in [-0.39, 0.29) is 68.9 Å². The van der Waals surface area contributed by atoms with Crippen molar-refractivity contribution >= 4 is 50.9 Å². The molecular formula is C45H55N7O10S. The number of Topliss-reactive ketones (excluding diaryl/α,β-unsaturated/α-hetero) is 1. The number of hydrogen-bond donors (Lipinski definition) is 3. The third kappa shape index (κ3) is 11.4. The minimum absolute atomic E-state index is 0.0397. The summed E-state index contributed by atoms with van der Waals surface area (Å²) < 4.78 is 45.2. The molecule has 63 heavy (non-hydrogen) atoms. The number of aromatic nitrogens is 1. The van der Waals surface area contributed by atoms with Gasteiger partial charge in [0.15, 0.2) is 5.58 Å². The van der Waals surface area contributed by atoms with Gasteiger partial charge in [-0.15, -0.1) is 0 Å². The molecule has 1 saturated carbocycles. The van der Waals surface area contributed by atoms with Crippen LogP contribution < -0.4 is 16.4 Å². The van der Waals surface area contributed by atoms with E-state index in [0.717, 1.165) is 31.2 Å². The van der Waals surface area contributed by atoms with Crippen LogP contribution >= 0.6 is 0 Å². The number of ketones is 1. The maximum Gasteiger partial charge on any atom is 0.410 e. The van der Waals surface area contributed by atoms with Gasteiger partial charge >= 0.3 is 12.2 Å². The summed E-state index contributed by atoms with van der Waals surface area (Å²) in [6.07, 6.45) is 2.38. The minimum atomic E-state index is -3.78. The molecule has 336 valence electrons. The van der Waals surface area contributed by atoms with Crippen LogP contribution in [0.2, 0.25) is 0 Å². The van der Waals surface area contributed by atoms with Crippen molar-refractivity contribution in [3.63, 3.8) is 0 Å². The minimum Gasteiger partial charge on any atom is -0.446 e. The highest BCUT2D eigenvalue weighted by molar-refractivity contribution is 7.89. The molecule has 2 saturated heterocycles. The fourth-order valence-corrected chi connectivity index (χ4v) is 9.79. The Morgan fingerprint density at radius 3 is 2.17 bits per heavy atom. The molecule has 3 heterocycles. The van der Waals surface area contributed by atoms with Crippen molar-refractivity contribution in [2.45, 2.75) is 99.4 Å². The number of nitrogens with two attached hydrogens (primary N) is 1. The van der Waals surface area contributed by atoms with Gasteiger partial charge in [-0.05, 0) is 94.2 Å². The number of sulfonamides is 1. The highest BCUT2D eigenvalue weighted by Crippen LogP contribution is 2.27. The number of hydrogen-bond acceptors (Lipinski definition) is 12. The molecule has 0 bridgehead atoms. The van der Waals surface area contributed by atoms with E-state index >= 15 is 0 Å². The average Bonchev–Trinajstić information content (AvgIpc) is 4.08. The van der Waals surface area contributed by atoms with Crippen LogP contribution in [0.3, 0.4) is 0 Å². The van der Waals surface area contributed by atoms with Gasteiger partial charge in [-0.3, -0.25) is 14.4 Å². The summed E-state index contributed by atoms with van der Waals surface area (Å²) in [6, 6.07) is 21.0. The Bertz CT molecular complexity index is 2280. The maximum absolute atomic E-state index is 14.7. The van der Waals surface area contributed by atoms with Gasteiger partial charge in [0, 0.05) is 32.6 Å². The fraction of sp³-hybridized carbons (Fsp3) is 0.467. The number of piperazine rings is 1. The van der Waals surface area contributed by atoms with E-state index in [1.54, 1.807) is 42.5 Å². The van der Waals surface area contributed by atoms with Crippen molar-refractivity contribution in [1.29, 1.82) is 0 Å². The number of unbranched alkanes of at least 4 members (excludes halogenated alkanes) is 1. The van der Waals surface area contributed by atoms with Gasteiger partial charge in [-0.25, -0.2) is 23.0 Å². The number of rotatable bonds is 17. The van der Waals surface area contributed by atoms with Crippen molar-refractivity contribution in [3.8, 4) is 0 Å². The molecule has 3 aromatic carbocycles. The Kier molecular flexibility index (Phi) is 15.1. The first-order valence-corrected chi connectivity index (χ1v) is 23.2. The lowest BCUT2D eigenvalue weighted by Crippen LogP contribution is -2.55. The standard InChI is InChI=1S/C45H55N7O10S/c46-24-12-11-20-36(40(53)42-48-35-19-9-10-21-39(35)62-42)47-41(54)38-29-33(61-45(57)50-25-27-51(28-26-50)63(58,59)34-17-5-2-6-18-34)30-52(38)43(55)37(23-22-31-13-3-1-4-14-31)49-44(56)60-32-15-7-8-16-32/h1-6,9-10,13-14,17-19,21,32-33,36-38H,7-8,11-12,15-16,20,22-30,46H2,(H,47,54)(H,49,56)/t33-,36+,37-,38+/m1/s1. The summed E-state index contributed by atoms with van der Waals surface area (Å²) in [5.41, 5.74) is 7.59. The van der Waals surface area contributed by atoms with Crippen LogP contribution in [0.5, 0.6) is 0 Å². The van der Waals surface area contributed by atoms with E-state index in [1.165, 1.54) is 26.2 Å². The Labute approximate surface area is 366 Å². The fourth-order valence-electron chi connectivity index (χ4n) is 8.35. The molecule has 4 amide bonds. The number of carbonyl (C=O) groups excluding carboxylic acids is 5. The molecule has 18 heteroatoms. The number of carbonyl (C=O) groups is 5. The first-order valence-electron chi connectivity index (χ1n) is 21.7. The third-order valence-corrected chi connectivity index (χ3v) is 13.7. The average molecular weight is 886 g/mol. The van der Waals surface area contributed by atoms with Crippen molar-refractivity contribution in [2.24, 2.45) is 5.73 Å². The van der Waals surface area contributed by atoms with E-state index in [2.05, 4.69) is 15.6 Å². The number of likely N-dealkylation sites (tertiary alicyclic amines) is 1. The van der Waals surface area contributed by atoms with Crippen LogP contribution in [0.4, 0.5) is 9.59 Å². The van der Waals surface area contributed by atoms with Gasteiger partial charge in [0.2, 0.25) is 27.6 Å². The summed E-state index contributed by atoms with van der Waals surface area (Å²) in [5, 5.41) is 5.63. The molecule has 0 spiro atoms. The van der Waals surface area contributed by atoms with Crippen LogP contribution in [0.15, 0.2) is 94.2 Å². The topological polar surface area (TPSA) is 224 Å². The largest absolute Gasteiger partial charge is 0.446 e. The second-order valence-corrected chi connectivity index (χ2v) is 18.1. The molecule has 2 aliphatic heterocycles. The number of nitrogens with one attached hydrogen (secondary N) is 2.